The predicted molar refractivity (Wildman–Crippen MR) is 68.7 cm³/mol. The van der Waals surface area contributed by atoms with E-state index in [0.717, 1.165) is 19.6 Å². The van der Waals surface area contributed by atoms with Crippen molar-refractivity contribution in [2.45, 2.75) is 19.8 Å². The zero-order valence-electron chi connectivity index (χ0n) is 10.8. The van der Waals surface area contributed by atoms with Crippen molar-refractivity contribution in [3.63, 3.8) is 0 Å². The van der Waals surface area contributed by atoms with Gasteiger partial charge >= 0.3 is 0 Å². The Hall–Kier alpha value is -0.380. The van der Waals surface area contributed by atoms with Crippen LogP contribution in [0.5, 0.6) is 0 Å². The number of nitrogens with zero attached hydrogens (tertiary/aromatic N) is 2. The summed E-state index contributed by atoms with van der Waals surface area (Å²) in [4.78, 5) is 5.04. The quantitative estimate of drug-likeness (QED) is 0.700. The number of hydrogen-bond acceptors (Lipinski definition) is 3. The van der Waals surface area contributed by atoms with Gasteiger partial charge in [0.25, 0.3) is 0 Å². The summed E-state index contributed by atoms with van der Waals surface area (Å²) in [7, 11) is 2.24. The Kier molecular flexibility index (Phi) is 4.38. The molecule has 1 N–H and O–H groups in total. The highest BCUT2D eigenvalue weighted by atomic mass is 15.2. The molecule has 3 heteroatoms. The molecule has 0 aromatic rings. The second-order valence-electron chi connectivity index (χ2n) is 5.27. The number of rotatable bonds is 5. The lowest BCUT2D eigenvalue weighted by atomic mass is 10.0. The van der Waals surface area contributed by atoms with Crippen molar-refractivity contribution in [2.24, 2.45) is 0 Å². The number of likely N-dealkylation sites (tertiary alicyclic amines) is 1. The van der Waals surface area contributed by atoms with Gasteiger partial charge in [-0.15, -0.1) is 0 Å². The van der Waals surface area contributed by atoms with Gasteiger partial charge in [0.05, 0.1) is 0 Å². The fraction of sp³-hybridized carbons (Fsp3) is 0.846. The minimum atomic E-state index is 1.12. The molecule has 0 unspecified atom stereocenters. The molecule has 0 saturated carbocycles. The summed E-state index contributed by atoms with van der Waals surface area (Å²) in [5.74, 6) is 0. The van der Waals surface area contributed by atoms with E-state index in [9.17, 15) is 0 Å². The Morgan fingerprint density at radius 3 is 2.56 bits per heavy atom. The standard InChI is InChI=1S/C13H25N3/c1-12(13-9-14-10-13)11-15(2)7-8-16-5-3-4-6-16/h14H,3-11H2,1-2H3. The van der Waals surface area contributed by atoms with Gasteiger partial charge in [0.2, 0.25) is 0 Å². The number of likely N-dealkylation sites (N-methyl/N-ethyl adjacent to an activating group) is 1. The predicted octanol–water partition coefficient (Wildman–Crippen LogP) is 0.934. The average molecular weight is 223 g/mol. The number of nitrogens with one attached hydrogen (secondary N) is 1. The van der Waals surface area contributed by atoms with E-state index >= 15 is 0 Å². The van der Waals surface area contributed by atoms with Crippen LogP contribution in [0.4, 0.5) is 0 Å². The first kappa shape index (κ1) is 12.1. The van der Waals surface area contributed by atoms with Crippen LogP contribution in [-0.2, 0) is 0 Å². The molecule has 2 aliphatic rings. The first-order valence-corrected chi connectivity index (χ1v) is 6.55. The average Bonchev–Trinajstić information content (AvgIpc) is 2.63. The molecular weight excluding hydrogens is 198 g/mol. The highest BCUT2D eigenvalue weighted by Crippen LogP contribution is 2.10. The fourth-order valence-electron chi connectivity index (χ4n) is 2.47. The normalized spacial score (nSPS) is 21.6. The minimum absolute atomic E-state index is 1.12. The molecule has 0 aromatic heterocycles. The van der Waals surface area contributed by atoms with E-state index in [-0.39, 0.29) is 0 Å². The van der Waals surface area contributed by atoms with Crippen LogP contribution in [0.25, 0.3) is 0 Å². The van der Waals surface area contributed by atoms with Gasteiger partial charge in [-0.3, -0.25) is 0 Å². The van der Waals surface area contributed by atoms with Gasteiger partial charge in [0.15, 0.2) is 0 Å². The molecule has 2 aliphatic heterocycles. The molecule has 16 heavy (non-hydrogen) atoms. The maximum Gasteiger partial charge on any atom is 0.0191 e. The first-order chi connectivity index (χ1) is 7.75. The van der Waals surface area contributed by atoms with Crippen LogP contribution in [0.1, 0.15) is 19.8 Å². The summed E-state index contributed by atoms with van der Waals surface area (Å²) < 4.78 is 0. The summed E-state index contributed by atoms with van der Waals surface area (Å²) in [6, 6.07) is 0. The molecule has 2 saturated heterocycles. The molecule has 2 fully saturated rings. The van der Waals surface area contributed by atoms with Gasteiger partial charge in [-0.25, -0.2) is 0 Å². The largest absolute Gasteiger partial charge is 0.309 e. The molecule has 0 bridgehead atoms. The second kappa shape index (κ2) is 5.80. The van der Waals surface area contributed by atoms with Crippen LogP contribution in [0.3, 0.4) is 0 Å². The lowest BCUT2D eigenvalue weighted by Gasteiger charge is -2.26. The van der Waals surface area contributed by atoms with Crippen molar-refractivity contribution >= 4 is 0 Å². The molecule has 0 aromatic carbocycles. The molecule has 0 spiro atoms. The van der Waals surface area contributed by atoms with E-state index in [1.807, 2.05) is 0 Å². The molecule has 92 valence electrons. The van der Waals surface area contributed by atoms with E-state index in [4.69, 9.17) is 0 Å². The van der Waals surface area contributed by atoms with Crippen molar-refractivity contribution < 1.29 is 0 Å². The minimum Gasteiger partial charge on any atom is -0.309 e. The zero-order valence-corrected chi connectivity index (χ0v) is 10.8. The summed E-state index contributed by atoms with van der Waals surface area (Å²) in [6.45, 7) is 10.7. The second-order valence-corrected chi connectivity index (χ2v) is 5.27. The van der Waals surface area contributed by atoms with E-state index in [2.05, 4.69) is 29.1 Å². The SMILES string of the molecule is CC(CN(C)CCN1CCCC1)=C1CNC1. The van der Waals surface area contributed by atoms with E-state index < -0.39 is 0 Å². The van der Waals surface area contributed by atoms with Crippen molar-refractivity contribution in [1.82, 2.24) is 15.1 Å². The molecular formula is C13H25N3. The van der Waals surface area contributed by atoms with Crippen LogP contribution in [0.15, 0.2) is 11.1 Å². The number of hydrogen-bond donors (Lipinski definition) is 1. The van der Waals surface area contributed by atoms with Gasteiger partial charge in [-0.05, 0) is 45.5 Å². The van der Waals surface area contributed by atoms with E-state index in [1.54, 1.807) is 11.1 Å². The van der Waals surface area contributed by atoms with Crippen LogP contribution in [0.2, 0.25) is 0 Å². The first-order valence-electron chi connectivity index (χ1n) is 6.55. The Balaban J connectivity index is 1.65. The van der Waals surface area contributed by atoms with Crippen LogP contribution in [-0.4, -0.2) is 62.7 Å². The topological polar surface area (TPSA) is 18.5 Å². The van der Waals surface area contributed by atoms with Crippen molar-refractivity contribution in [2.75, 3.05) is 52.9 Å². The lowest BCUT2D eigenvalue weighted by molar-refractivity contribution is 0.267. The van der Waals surface area contributed by atoms with Gasteiger partial charge in [-0.1, -0.05) is 5.57 Å². The van der Waals surface area contributed by atoms with Crippen molar-refractivity contribution in [1.29, 1.82) is 0 Å². The van der Waals surface area contributed by atoms with E-state index in [1.165, 1.54) is 39.0 Å². The fourth-order valence-corrected chi connectivity index (χ4v) is 2.47. The third-order valence-electron chi connectivity index (χ3n) is 3.78. The van der Waals surface area contributed by atoms with Crippen LogP contribution >= 0.6 is 0 Å². The van der Waals surface area contributed by atoms with Gasteiger partial charge in [0.1, 0.15) is 0 Å². The smallest absolute Gasteiger partial charge is 0.0191 e. The van der Waals surface area contributed by atoms with Crippen LogP contribution in [0, 0.1) is 0 Å². The molecule has 2 heterocycles. The molecule has 0 aliphatic carbocycles. The molecule has 3 nitrogen and oxygen atoms in total. The monoisotopic (exact) mass is 223 g/mol. The Morgan fingerprint density at radius 1 is 1.31 bits per heavy atom. The highest BCUT2D eigenvalue weighted by Gasteiger charge is 2.14. The molecule has 2 rings (SSSR count). The summed E-state index contributed by atoms with van der Waals surface area (Å²) in [5.41, 5.74) is 3.19. The Labute approximate surface area is 99.5 Å². The van der Waals surface area contributed by atoms with Gasteiger partial charge in [-0.2, -0.15) is 0 Å². The van der Waals surface area contributed by atoms with Gasteiger partial charge < -0.3 is 15.1 Å². The Bertz CT molecular complexity index is 248. The lowest BCUT2D eigenvalue weighted by Crippen LogP contribution is -2.37. The third kappa shape index (κ3) is 3.30. The zero-order chi connectivity index (χ0) is 11.4. The van der Waals surface area contributed by atoms with Gasteiger partial charge in [0, 0.05) is 32.7 Å². The third-order valence-corrected chi connectivity index (χ3v) is 3.78. The summed E-state index contributed by atoms with van der Waals surface area (Å²) >= 11 is 0. The molecule has 0 amide bonds. The maximum atomic E-state index is 3.31. The van der Waals surface area contributed by atoms with Crippen LogP contribution < -0.4 is 5.32 Å². The van der Waals surface area contributed by atoms with E-state index in [0.29, 0.717) is 0 Å². The van der Waals surface area contributed by atoms with Crippen molar-refractivity contribution in [3.05, 3.63) is 11.1 Å². The Morgan fingerprint density at radius 2 is 2.00 bits per heavy atom. The summed E-state index contributed by atoms with van der Waals surface area (Å²) in [6.07, 6.45) is 2.80. The molecule has 0 atom stereocenters. The summed E-state index contributed by atoms with van der Waals surface area (Å²) in [5, 5.41) is 3.31. The highest BCUT2D eigenvalue weighted by molar-refractivity contribution is 5.22. The maximum absolute atomic E-state index is 3.31. The van der Waals surface area contributed by atoms with Crippen molar-refractivity contribution in [3.8, 4) is 0 Å². The molecule has 0 radical (unpaired) electrons.